The highest BCUT2D eigenvalue weighted by Crippen LogP contribution is 2.35. The Bertz CT molecular complexity index is 200. The van der Waals surface area contributed by atoms with Crippen LogP contribution in [0.4, 0.5) is 0 Å². The number of carbonyl (C=O) groups is 1. The van der Waals surface area contributed by atoms with Gasteiger partial charge in [0.25, 0.3) is 0 Å². The van der Waals surface area contributed by atoms with Gasteiger partial charge in [0.1, 0.15) is 0 Å². The second-order valence-corrected chi connectivity index (χ2v) is 4.34. The third-order valence-corrected chi connectivity index (χ3v) is 3.29. The number of hydrogen-bond acceptors (Lipinski definition) is 3. The van der Waals surface area contributed by atoms with Crippen molar-refractivity contribution in [2.75, 3.05) is 0 Å². The quantitative estimate of drug-likeness (QED) is 0.356. The molecule has 0 aliphatic heterocycles. The van der Waals surface area contributed by atoms with Crippen LogP contribution in [0.15, 0.2) is 0 Å². The van der Waals surface area contributed by atoms with Crippen molar-refractivity contribution in [2.24, 2.45) is 11.8 Å². The van der Waals surface area contributed by atoms with Crippen molar-refractivity contribution in [1.82, 2.24) is 5.43 Å². The Kier molecular flexibility index (Phi) is 3.89. The van der Waals surface area contributed by atoms with Gasteiger partial charge in [-0.05, 0) is 18.8 Å². The van der Waals surface area contributed by atoms with E-state index in [1.165, 1.54) is 6.42 Å². The smallest absolute Gasteiger partial charge is 0.234 e. The summed E-state index contributed by atoms with van der Waals surface area (Å²) in [5.41, 5.74) is 1.45. The zero-order chi connectivity index (χ0) is 10.6. The van der Waals surface area contributed by atoms with E-state index in [2.05, 4.69) is 5.43 Å². The molecule has 4 heteroatoms. The Morgan fingerprint density at radius 3 is 2.57 bits per heavy atom. The Morgan fingerprint density at radius 1 is 1.50 bits per heavy atom. The number of nitrogens with two attached hydrogens (primary N) is 1. The molecule has 0 saturated heterocycles. The van der Waals surface area contributed by atoms with Crippen LogP contribution in [-0.4, -0.2) is 16.6 Å². The lowest BCUT2D eigenvalue weighted by atomic mass is 9.75. The Balaban J connectivity index is 2.48. The fourth-order valence-electron chi connectivity index (χ4n) is 2.18. The van der Waals surface area contributed by atoms with Crippen LogP contribution in [0.2, 0.25) is 0 Å². The van der Waals surface area contributed by atoms with Gasteiger partial charge >= 0.3 is 0 Å². The van der Waals surface area contributed by atoms with Crippen molar-refractivity contribution in [2.45, 2.75) is 51.0 Å². The highest BCUT2D eigenvalue weighted by atomic mass is 16.3. The summed E-state index contributed by atoms with van der Waals surface area (Å²) >= 11 is 0. The highest BCUT2D eigenvalue weighted by molar-refractivity contribution is 5.75. The van der Waals surface area contributed by atoms with Gasteiger partial charge in [-0.1, -0.05) is 26.2 Å². The third kappa shape index (κ3) is 2.69. The maximum atomic E-state index is 11.1. The van der Waals surface area contributed by atoms with Crippen LogP contribution in [-0.2, 0) is 4.79 Å². The zero-order valence-electron chi connectivity index (χ0n) is 8.75. The first kappa shape index (κ1) is 11.5. The van der Waals surface area contributed by atoms with Crippen molar-refractivity contribution in [1.29, 1.82) is 0 Å². The summed E-state index contributed by atoms with van der Waals surface area (Å²) in [6.07, 6.45) is 5.25. The monoisotopic (exact) mass is 200 g/mol. The maximum Gasteiger partial charge on any atom is 0.234 e. The first-order valence-electron chi connectivity index (χ1n) is 5.30. The molecule has 1 rings (SSSR count). The van der Waals surface area contributed by atoms with Crippen molar-refractivity contribution in [3.05, 3.63) is 0 Å². The zero-order valence-corrected chi connectivity index (χ0v) is 8.75. The minimum Gasteiger partial charge on any atom is -0.390 e. The normalized spacial score (nSPS) is 22.8. The number of hydrogen-bond donors (Lipinski definition) is 3. The van der Waals surface area contributed by atoms with Crippen LogP contribution in [0.25, 0.3) is 0 Å². The molecule has 0 aromatic carbocycles. The second kappa shape index (κ2) is 4.75. The summed E-state index contributed by atoms with van der Waals surface area (Å²) in [5.74, 6) is 4.81. The number of amides is 1. The number of nitrogens with one attached hydrogen (secondary N) is 1. The number of hydrazine groups is 1. The fraction of sp³-hybridized carbons (Fsp3) is 0.900. The Labute approximate surface area is 84.8 Å². The lowest BCUT2D eigenvalue weighted by Crippen LogP contribution is -2.42. The van der Waals surface area contributed by atoms with E-state index in [0.717, 1.165) is 25.7 Å². The maximum absolute atomic E-state index is 11.1. The fourth-order valence-corrected chi connectivity index (χ4v) is 2.18. The molecule has 14 heavy (non-hydrogen) atoms. The SMILES string of the molecule is C[C@H](CC(=O)NN)C1(O)CCCCC1. The van der Waals surface area contributed by atoms with Crippen LogP contribution >= 0.6 is 0 Å². The van der Waals surface area contributed by atoms with E-state index >= 15 is 0 Å². The predicted octanol–water partition coefficient (Wildman–Crippen LogP) is 0.698. The molecule has 1 atom stereocenters. The van der Waals surface area contributed by atoms with Crippen LogP contribution in [0.5, 0.6) is 0 Å². The van der Waals surface area contributed by atoms with E-state index in [0.29, 0.717) is 6.42 Å². The first-order chi connectivity index (χ1) is 6.58. The number of carbonyl (C=O) groups excluding carboxylic acids is 1. The van der Waals surface area contributed by atoms with Gasteiger partial charge in [-0.3, -0.25) is 10.2 Å². The minimum atomic E-state index is -0.648. The summed E-state index contributed by atoms with van der Waals surface area (Å²) in [6.45, 7) is 1.92. The molecule has 0 bridgehead atoms. The Hall–Kier alpha value is -0.610. The van der Waals surface area contributed by atoms with Gasteiger partial charge in [0.2, 0.25) is 5.91 Å². The Morgan fingerprint density at radius 2 is 2.07 bits per heavy atom. The lowest BCUT2D eigenvalue weighted by molar-refractivity contribution is -0.125. The van der Waals surface area contributed by atoms with Crippen molar-refractivity contribution < 1.29 is 9.90 Å². The number of aliphatic hydroxyl groups is 1. The molecule has 0 unspecified atom stereocenters. The summed E-state index contributed by atoms with van der Waals surface area (Å²) in [6, 6.07) is 0. The molecule has 4 N–H and O–H groups in total. The van der Waals surface area contributed by atoms with E-state index in [1.54, 1.807) is 0 Å². The van der Waals surface area contributed by atoms with Gasteiger partial charge in [0.05, 0.1) is 5.60 Å². The van der Waals surface area contributed by atoms with Crippen LogP contribution < -0.4 is 11.3 Å². The van der Waals surface area contributed by atoms with Crippen molar-refractivity contribution >= 4 is 5.91 Å². The highest BCUT2D eigenvalue weighted by Gasteiger charge is 2.35. The predicted molar refractivity (Wildman–Crippen MR) is 54.1 cm³/mol. The van der Waals surface area contributed by atoms with E-state index in [9.17, 15) is 9.90 Å². The van der Waals surface area contributed by atoms with Crippen LogP contribution in [0, 0.1) is 5.92 Å². The van der Waals surface area contributed by atoms with E-state index in [4.69, 9.17) is 5.84 Å². The molecule has 1 fully saturated rings. The molecule has 0 aromatic rings. The average Bonchev–Trinajstić information content (AvgIpc) is 2.18. The topological polar surface area (TPSA) is 75.4 Å². The summed E-state index contributed by atoms with van der Waals surface area (Å²) in [5, 5.41) is 10.3. The summed E-state index contributed by atoms with van der Waals surface area (Å²) in [7, 11) is 0. The molecule has 0 aromatic heterocycles. The van der Waals surface area contributed by atoms with E-state index < -0.39 is 5.60 Å². The molecule has 0 spiro atoms. The van der Waals surface area contributed by atoms with Crippen LogP contribution in [0.3, 0.4) is 0 Å². The average molecular weight is 200 g/mol. The largest absolute Gasteiger partial charge is 0.390 e. The van der Waals surface area contributed by atoms with Gasteiger partial charge in [-0.2, -0.15) is 0 Å². The lowest BCUT2D eigenvalue weighted by Gasteiger charge is -2.37. The molecule has 1 aliphatic rings. The second-order valence-electron chi connectivity index (χ2n) is 4.34. The standard InChI is InChI=1S/C10H20N2O2/c1-8(7-9(13)12-11)10(14)5-3-2-4-6-10/h8,14H,2-7,11H2,1H3,(H,12,13)/t8-/m1/s1. The summed E-state index contributed by atoms with van der Waals surface area (Å²) < 4.78 is 0. The molecular weight excluding hydrogens is 180 g/mol. The summed E-state index contributed by atoms with van der Waals surface area (Å²) in [4.78, 5) is 11.1. The number of rotatable bonds is 3. The van der Waals surface area contributed by atoms with Gasteiger partial charge in [0.15, 0.2) is 0 Å². The van der Waals surface area contributed by atoms with Gasteiger partial charge in [-0.15, -0.1) is 0 Å². The van der Waals surface area contributed by atoms with Gasteiger partial charge < -0.3 is 5.11 Å². The van der Waals surface area contributed by atoms with Gasteiger partial charge in [-0.25, -0.2) is 5.84 Å². The molecule has 82 valence electrons. The molecular formula is C10H20N2O2. The van der Waals surface area contributed by atoms with Crippen molar-refractivity contribution in [3.8, 4) is 0 Å². The molecule has 1 saturated carbocycles. The molecule has 1 aliphatic carbocycles. The first-order valence-corrected chi connectivity index (χ1v) is 5.30. The third-order valence-electron chi connectivity index (χ3n) is 3.29. The van der Waals surface area contributed by atoms with E-state index in [1.807, 2.05) is 6.92 Å². The van der Waals surface area contributed by atoms with Crippen LogP contribution in [0.1, 0.15) is 45.4 Å². The molecule has 0 radical (unpaired) electrons. The molecule has 1 amide bonds. The van der Waals surface area contributed by atoms with Crippen molar-refractivity contribution in [3.63, 3.8) is 0 Å². The molecule has 0 heterocycles. The van der Waals surface area contributed by atoms with Gasteiger partial charge in [0, 0.05) is 6.42 Å². The molecule has 4 nitrogen and oxygen atoms in total. The minimum absolute atomic E-state index is 0.00801. The van der Waals surface area contributed by atoms with E-state index in [-0.39, 0.29) is 11.8 Å².